The van der Waals surface area contributed by atoms with E-state index in [0.29, 0.717) is 15.8 Å². The van der Waals surface area contributed by atoms with Gasteiger partial charge in [-0.3, -0.25) is 9.69 Å². The number of benzene rings is 1. The van der Waals surface area contributed by atoms with Crippen LogP contribution in [0.15, 0.2) is 47.4 Å². The molecule has 1 fully saturated rings. The first-order chi connectivity index (χ1) is 9.13. The fourth-order valence-corrected chi connectivity index (χ4v) is 3.35. The predicted octanol–water partition coefficient (Wildman–Crippen LogP) is 4.19. The van der Waals surface area contributed by atoms with Crippen molar-refractivity contribution in [3.05, 3.63) is 53.0 Å². The van der Waals surface area contributed by atoms with Crippen LogP contribution in [-0.2, 0) is 4.79 Å². The van der Waals surface area contributed by atoms with Crippen LogP contribution in [0.4, 0.5) is 0 Å². The third-order valence-corrected chi connectivity index (χ3v) is 4.74. The molecule has 98 valence electrons. The van der Waals surface area contributed by atoms with Gasteiger partial charge in [-0.15, -0.1) is 0 Å². The first-order valence-corrected chi connectivity index (χ1v) is 7.82. The maximum absolute atomic E-state index is 12.0. The van der Waals surface area contributed by atoms with Crippen molar-refractivity contribution in [2.75, 3.05) is 6.54 Å². The van der Waals surface area contributed by atoms with Crippen LogP contribution in [0.1, 0.15) is 12.5 Å². The molecule has 2 nitrogen and oxygen atoms in total. The zero-order valence-corrected chi connectivity index (χ0v) is 13.5. The van der Waals surface area contributed by atoms with Crippen molar-refractivity contribution in [1.82, 2.24) is 4.90 Å². The molecule has 0 radical (unpaired) electrons. The zero-order chi connectivity index (χ0) is 13.8. The van der Waals surface area contributed by atoms with Gasteiger partial charge in [0.1, 0.15) is 4.32 Å². The van der Waals surface area contributed by atoms with Gasteiger partial charge in [0, 0.05) is 11.0 Å². The Bertz CT molecular complexity index is 566. The summed E-state index contributed by atoms with van der Waals surface area (Å²) in [5, 5.41) is 0. The molecule has 1 aliphatic heterocycles. The van der Waals surface area contributed by atoms with Crippen LogP contribution in [0, 0.1) is 0 Å². The number of carbonyl (C=O) groups excluding carboxylic acids is 1. The molecule has 5 heteroatoms. The van der Waals surface area contributed by atoms with E-state index in [1.807, 2.05) is 49.4 Å². The van der Waals surface area contributed by atoms with E-state index in [1.165, 1.54) is 11.8 Å². The Morgan fingerprint density at radius 3 is 2.68 bits per heavy atom. The first kappa shape index (κ1) is 14.5. The fourth-order valence-electron chi connectivity index (χ4n) is 1.63. The van der Waals surface area contributed by atoms with Crippen LogP contribution < -0.4 is 0 Å². The number of hydrogen-bond acceptors (Lipinski definition) is 3. The van der Waals surface area contributed by atoms with E-state index in [2.05, 4.69) is 15.9 Å². The first-order valence-electron chi connectivity index (χ1n) is 5.80. The lowest BCUT2D eigenvalue weighted by Gasteiger charge is -2.09. The summed E-state index contributed by atoms with van der Waals surface area (Å²) < 4.78 is 1.57. The number of amides is 1. The molecular weight excluding hydrogens is 342 g/mol. The van der Waals surface area contributed by atoms with Gasteiger partial charge in [0.25, 0.3) is 5.91 Å². The molecule has 1 amide bonds. The standard InChI is InChI=1S/C14H12BrNOS2/c1-2-16-13(17)12(19-14(16)18)9-8-11(15)10-6-4-3-5-7-10/h3-9H,2H2,1H3/b11-8-,12-9-. The number of hydrogen-bond donors (Lipinski definition) is 0. The van der Waals surface area contributed by atoms with Crippen LogP contribution in [0.3, 0.4) is 0 Å². The monoisotopic (exact) mass is 353 g/mol. The van der Waals surface area contributed by atoms with Crippen molar-refractivity contribution in [3.63, 3.8) is 0 Å². The lowest BCUT2D eigenvalue weighted by molar-refractivity contribution is -0.122. The van der Waals surface area contributed by atoms with Gasteiger partial charge in [-0.2, -0.15) is 0 Å². The van der Waals surface area contributed by atoms with Gasteiger partial charge in [-0.25, -0.2) is 0 Å². The number of likely N-dealkylation sites (N-methyl/N-ethyl adjacent to an activating group) is 1. The lowest BCUT2D eigenvalue weighted by atomic mass is 10.2. The zero-order valence-electron chi connectivity index (χ0n) is 10.3. The van der Waals surface area contributed by atoms with Crippen LogP contribution >= 0.6 is 39.9 Å². The molecule has 0 aromatic heterocycles. The molecular formula is C14H12BrNOS2. The van der Waals surface area contributed by atoms with Crippen molar-refractivity contribution in [1.29, 1.82) is 0 Å². The maximum atomic E-state index is 12.0. The molecule has 0 saturated carbocycles. The van der Waals surface area contributed by atoms with Gasteiger partial charge >= 0.3 is 0 Å². The highest BCUT2D eigenvalue weighted by Crippen LogP contribution is 2.31. The van der Waals surface area contributed by atoms with E-state index in [-0.39, 0.29) is 5.91 Å². The molecule has 0 N–H and O–H groups in total. The normalized spacial score (nSPS) is 18.5. The van der Waals surface area contributed by atoms with Crippen LogP contribution in [0.2, 0.25) is 0 Å². The van der Waals surface area contributed by atoms with Crippen molar-refractivity contribution >= 4 is 54.6 Å². The van der Waals surface area contributed by atoms with E-state index in [0.717, 1.165) is 10.0 Å². The van der Waals surface area contributed by atoms with E-state index in [9.17, 15) is 4.79 Å². The molecule has 19 heavy (non-hydrogen) atoms. The largest absolute Gasteiger partial charge is 0.293 e. The number of thioether (sulfide) groups is 1. The lowest BCUT2D eigenvalue weighted by Crippen LogP contribution is -2.27. The van der Waals surface area contributed by atoms with Gasteiger partial charge in [0.05, 0.1) is 4.91 Å². The maximum Gasteiger partial charge on any atom is 0.266 e. The average Bonchev–Trinajstić information content (AvgIpc) is 2.71. The quantitative estimate of drug-likeness (QED) is 0.600. The molecule has 0 aliphatic carbocycles. The molecule has 1 aliphatic rings. The summed E-state index contributed by atoms with van der Waals surface area (Å²) in [5.41, 5.74) is 1.07. The van der Waals surface area contributed by atoms with E-state index >= 15 is 0 Å². The summed E-state index contributed by atoms with van der Waals surface area (Å²) in [6.45, 7) is 2.54. The predicted molar refractivity (Wildman–Crippen MR) is 89.0 cm³/mol. The van der Waals surface area contributed by atoms with Crippen LogP contribution in [0.5, 0.6) is 0 Å². The Hall–Kier alpha value is -0.910. The van der Waals surface area contributed by atoms with Gasteiger partial charge < -0.3 is 0 Å². The second kappa shape index (κ2) is 6.50. The van der Waals surface area contributed by atoms with Crippen LogP contribution in [-0.4, -0.2) is 21.7 Å². The van der Waals surface area contributed by atoms with Gasteiger partial charge in [0.15, 0.2) is 0 Å². The Labute approximate surface area is 130 Å². The summed E-state index contributed by atoms with van der Waals surface area (Å²) >= 11 is 10.0. The van der Waals surface area contributed by atoms with E-state index in [1.54, 1.807) is 4.90 Å². The van der Waals surface area contributed by atoms with Crippen molar-refractivity contribution in [3.8, 4) is 0 Å². The number of rotatable bonds is 3. The summed E-state index contributed by atoms with van der Waals surface area (Å²) in [4.78, 5) is 14.3. The van der Waals surface area contributed by atoms with Gasteiger partial charge in [-0.05, 0) is 24.6 Å². The molecule has 2 rings (SSSR count). The number of thiocarbonyl (C=S) groups is 1. The second-order valence-corrected chi connectivity index (χ2v) is 6.36. The molecule has 0 spiro atoms. The highest BCUT2D eigenvalue weighted by molar-refractivity contribution is 9.15. The minimum Gasteiger partial charge on any atom is -0.293 e. The molecule has 1 aromatic rings. The highest BCUT2D eigenvalue weighted by Gasteiger charge is 2.30. The Morgan fingerprint density at radius 1 is 1.42 bits per heavy atom. The molecule has 1 heterocycles. The topological polar surface area (TPSA) is 20.3 Å². The number of allylic oxidation sites excluding steroid dienone is 2. The second-order valence-electron chi connectivity index (χ2n) is 3.83. The van der Waals surface area contributed by atoms with Crippen LogP contribution in [0.25, 0.3) is 4.48 Å². The highest BCUT2D eigenvalue weighted by atomic mass is 79.9. The third-order valence-electron chi connectivity index (χ3n) is 2.62. The van der Waals surface area contributed by atoms with Gasteiger partial charge in [-0.1, -0.05) is 70.2 Å². The van der Waals surface area contributed by atoms with Crippen molar-refractivity contribution in [2.45, 2.75) is 6.92 Å². The Morgan fingerprint density at radius 2 is 2.11 bits per heavy atom. The number of halogens is 1. The third kappa shape index (κ3) is 3.35. The summed E-state index contributed by atoms with van der Waals surface area (Å²) in [6.07, 6.45) is 3.70. The molecule has 1 saturated heterocycles. The number of carbonyl (C=O) groups is 1. The van der Waals surface area contributed by atoms with Crippen molar-refractivity contribution < 1.29 is 4.79 Å². The van der Waals surface area contributed by atoms with E-state index in [4.69, 9.17) is 12.2 Å². The minimum atomic E-state index is -0.0119. The molecule has 1 aromatic carbocycles. The SMILES string of the molecule is CCN1C(=O)/C(=C/C=C(\Br)c2ccccc2)SC1=S. The Balaban J connectivity index is 2.20. The molecule has 0 bridgehead atoms. The molecule has 0 unspecified atom stereocenters. The summed E-state index contributed by atoms with van der Waals surface area (Å²) in [5.74, 6) is -0.0119. The number of nitrogens with zero attached hydrogens (tertiary/aromatic N) is 1. The van der Waals surface area contributed by atoms with Crippen molar-refractivity contribution in [2.24, 2.45) is 0 Å². The van der Waals surface area contributed by atoms with E-state index < -0.39 is 0 Å². The Kier molecular flexibility index (Phi) is 4.96. The minimum absolute atomic E-state index is 0.0119. The smallest absolute Gasteiger partial charge is 0.266 e. The average molecular weight is 354 g/mol. The fraction of sp³-hybridized carbons (Fsp3) is 0.143. The summed E-state index contributed by atoms with van der Waals surface area (Å²) in [7, 11) is 0. The summed E-state index contributed by atoms with van der Waals surface area (Å²) in [6, 6.07) is 9.93. The molecule has 0 atom stereocenters. The van der Waals surface area contributed by atoms with Gasteiger partial charge in [0.2, 0.25) is 0 Å².